The Labute approximate surface area is 178 Å². The van der Waals surface area contributed by atoms with Crippen LogP contribution in [0.15, 0.2) is 46.9 Å². The molecule has 1 aliphatic heterocycles. The summed E-state index contributed by atoms with van der Waals surface area (Å²) in [6.07, 6.45) is 0.842. The second-order valence-corrected chi connectivity index (χ2v) is 7.97. The van der Waals surface area contributed by atoms with Crippen molar-refractivity contribution in [1.82, 2.24) is 0 Å². The summed E-state index contributed by atoms with van der Waals surface area (Å²) in [5.41, 5.74) is 3.48. The lowest BCUT2D eigenvalue weighted by molar-refractivity contribution is -0.151. The number of esters is 1. The molecule has 0 aliphatic carbocycles. The molecule has 1 saturated heterocycles. The third-order valence-electron chi connectivity index (χ3n) is 4.84. The van der Waals surface area contributed by atoms with E-state index in [0.29, 0.717) is 5.69 Å². The van der Waals surface area contributed by atoms with Crippen molar-refractivity contribution in [3.8, 4) is 0 Å². The standard InChI is InChI=1S/C22H23BrN2O4/c1-3-15-10-17(23)7-8-19(15)24-20(26)13-29-22(28)16-11-21(27)25(12-16)18-6-4-5-14(2)9-18/h4-10,16H,3,11-13H2,1-2H3,(H,24,26)/t16-/m0/s1. The second-order valence-electron chi connectivity index (χ2n) is 7.06. The fraction of sp³-hybridized carbons (Fsp3) is 0.318. The number of carbonyl (C=O) groups is 3. The molecule has 0 spiro atoms. The summed E-state index contributed by atoms with van der Waals surface area (Å²) in [5.74, 6) is -1.63. The molecule has 1 atom stereocenters. The summed E-state index contributed by atoms with van der Waals surface area (Å²) in [6, 6.07) is 13.1. The van der Waals surface area contributed by atoms with Crippen LogP contribution in [0.25, 0.3) is 0 Å². The van der Waals surface area contributed by atoms with Gasteiger partial charge in [-0.05, 0) is 54.8 Å². The minimum absolute atomic E-state index is 0.0844. The molecule has 0 aromatic heterocycles. The Bertz CT molecular complexity index is 944. The van der Waals surface area contributed by atoms with Crippen molar-refractivity contribution < 1.29 is 19.1 Å². The lowest BCUT2D eigenvalue weighted by Crippen LogP contribution is -2.28. The molecular formula is C22H23BrN2O4. The first kappa shape index (κ1) is 21.0. The highest BCUT2D eigenvalue weighted by molar-refractivity contribution is 9.10. The van der Waals surface area contributed by atoms with Crippen molar-refractivity contribution in [2.75, 3.05) is 23.4 Å². The Morgan fingerprint density at radius 3 is 2.76 bits per heavy atom. The van der Waals surface area contributed by atoms with E-state index in [1.54, 1.807) is 11.0 Å². The van der Waals surface area contributed by atoms with E-state index in [1.165, 1.54) is 0 Å². The molecule has 0 bridgehead atoms. The largest absolute Gasteiger partial charge is 0.455 e. The molecule has 2 amide bonds. The van der Waals surface area contributed by atoms with Gasteiger partial charge in [-0.1, -0.05) is 35.0 Å². The fourth-order valence-corrected chi connectivity index (χ4v) is 3.74. The summed E-state index contributed by atoms with van der Waals surface area (Å²) >= 11 is 3.41. The van der Waals surface area contributed by atoms with Crippen LogP contribution in [0, 0.1) is 12.8 Å². The van der Waals surface area contributed by atoms with Crippen LogP contribution in [-0.2, 0) is 25.5 Å². The second kappa shape index (κ2) is 9.22. The number of anilines is 2. The van der Waals surface area contributed by atoms with Gasteiger partial charge in [0.05, 0.1) is 5.92 Å². The van der Waals surface area contributed by atoms with Crippen molar-refractivity contribution in [1.29, 1.82) is 0 Å². The van der Waals surface area contributed by atoms with Crippen LogP contribution in [0.2, 0.25) is 0 Å². The predicted molar refractivity (Wildman–Crippen MR) is 115 cm³/mol. The number of ether oxygens (including phenoxy) is 1. The molecule has 0 saturated carbocycles. The number of benzene rings is 2. The number of nitrogens with zero attached hydrogens (tertiary/aromatic N) is 1. The topological polar surface area (TPSA) is 75.7 Å². The summed E-state index contributed by atoms with van der Waals surface area (Å²) < 4.78 is 6.11. The number of nitrogens with one attached hydrogen (secondary N) is 1. The summed E-state index contributed by atoms with van der Waals surface area (Å²) in [7, 11) is 0. The van der Waals surface area contributed by atoms with Gasteiger partial charge in [-0.2, -0.15) is 0 Å². The van der Waals surface area contributed by atoms with Crippen molar-refractivity contribution in [2.45, 2.75) is 26.7 Å². The highest BCUT2D eigenvalue weighted by Crippen LogP contribution is 2.26. The van der Waals surface area contributed by atoms with Crippen LogP contribution in [0.5, 0.6) is 0 Å². The SMILES string of the molecule is CCc1cc(Br)ccc1NC(=O)COC(=O)[C@H]1CC(=O)N(c2cccc(C)c2)C1. The van der Waals surface area contributed by atoms with Crippen LogP contribution < -0.4 is 10.2 Å². The Kier molecular flexibility index (Phi) is 6.69. The highest BCUT2D eigenvalue weighted by atomic mass is 79.9. The smallest absolute Gasteiger partial charge is 0.311 e. The Morgan fingerprint density at radius 1 is 1.24 bits per heavy atom. The van der Waals surface area contributed by atoms with Crippen molar-refractivity contribution >= 4 is 45.1 Å². The lowest BCUT2D eigenvalue weighted by atomic mass is 10.1. The van der Waals surface area contributed by atoms with Gasteiger partial charge in [0.1, 0.15) is 0 Å². The number of halogens is 1. The molecule has 3 rings (SSSR count). The molecule has 2 aromatic carbocycles. The summed E-state index contributed by atoms with van der Waals surface area (Å²) in [5, 5.41) is 2.77. The van der Waals surface area contributed by atoms with Crippen LogP contribution >= 0.6 is 15.9 Å². The molecule has 2 aromatic rings. The summed E-state index contributed by atoms with van der Waals surface area (Å²) in [6.45, 7) is 3.82. The first-order chi connectivity index (χ1) is 13.9. The van der Waals surface area contributed by atoms with E-state index in [-0.39, 0.29) is 25.5 Å². The van der Waals surface area contributed by atoms with Gasteiger partial charge < -0.3 is 15.0 Å². The molecule has 1 N–H and O–H groups in total. The highest BCUT2D eigenvalue weighted by Gasteiger charge is 2.36. The van der Waals surface area contributed by atoms with Crippen molar-refractivity contribution in [3.63, 3.8) is 0 Å². The lowest BCUT2D eigenvalue weighted by Gasteiger charge is -2.17. The fourth-order valence-electron chi connectivity index (χ4n) is 3.33. The van der Waals surface area contributed by atoms with Crippen LogP contribution in [0.1, 0.15) is 24.5 Å². The van der Waals surface area contributed by atoms with Gasteiger partial charge in [-0.3, -0.25) is 14.4 Å². The van der Waals surface area contributed by atoms with E-state index in [0.717, 1.165) is 27.7 Å². The molecule has 1 aliphatic rings. The molecule has 7 heteroatoms. The number of rotatable bonds is 6. The van der Waals surface area contributed by atoms with E-state index in [9.17, 15) is 14.4 Å². The van der Waals surface area contributed by atoms with Crippen LogP contribution in [0.3, 0.4) is 0 Å². The molecule has 1 fully saturated rings. The third kappa shape index (κ3) is 5.23. The van der Waals surface area contributed by atoms with E-state index >= 15 is 0 Å². The number of hydrogen-bond acceptors (Lipinski definition) is 4. The van der Waals surface area contributed by atoms with Gasteiger partial charge in [0.25, 0.3) is 5.91 Å². The van der Waals surface area contributed by atoms with Gasteiger partial charge >= 0.3 is 5.97 Å². The van der Waals surface area contributed by atoms with Gasteiger partial charge in [-0.15, -0.1) is 0 Å². The number of amides is 2. The Morgan fingerprint density at radius 2 is 2.03 bits per heavy atom. The molecule has 29 heavy (non-hydrogen) atoms. The molecule has 6 nitrogen and oxygen atoms in total. The molecule has 0 unspecified atom stereocenters. The zero-order chi connectivity index (χ0) is 21.0. The Hall–Kier alpha value is -2.67. The van der Waals surface area contributed by atoms with Gasteiger partial charge in [0, 0.05) is 28.8 Å². The maximum Gasteiger partial charge on any atom is 0.311 e. The van der Waals surface area contributed by atoms with Gasteiger partial charge in [-0.25, -0.2) is 0 Å². The normalized spacial score (nSPS) is 16.0. The zero-order valence-corrected chi connectivity index (χ0v) is 18.0. The quantitative estimate of drug-likeness (QED) is 0.666. The van der Waals surface area contributed by atoms with Gasteiger partial charge in [0.15, 0.2) is 6.61 Å². The first-order valence-corrected chi connectivity index (χ1v) is 10.3. The van der Waals surface area contributed by atoms with Crippen LogP contribution in [0.4, 0.5) is 11.4 Å². The molecule has 0 radical (unpaired) electrons. The average Bonchev–Trinajstić information content (AvgIpc) is 3.09. The monoisotopic (exact) mass is 458 g/mol. The van der Waals surface area contributed by atoms with E-state index in [4.69, 9.17) is 4.74 Å². The van der Waals surface area contributed by atoms with Gasteiger partial charge in [0.2, 0.25) is 5.91 Å². The Balaban J connectivity index is 1.54. The number of hydrogen-bond donors (Lipinski definition) is 1. The maximum absolute atomic E-state index is 12.4. The van der Waals surface area contributed by atoms with E-state index in [1.807, 2.05) is 50.2 Å². The third-order valence-corrected chi connectivity index (χ3v) is 5.33. The minimum atomic E-state index is -0.574. The summed E-state index contributed by atoms with van der Waals surface area (Å²) in [4.78, 5) is 38.5. The van der Waals surface area contributed by atoms with E-state index < -0.39 is 17.8 Å². The number of aryl methyl sites for hydroxylation is 2. The average molecular weight is 459 g/mol. The van der Waals surface area contributed by atoms with Crippen LogP contribution in [-0.4, -0.2) is 30.9 Å². The minimum Gasteiger partial charge on any atom is -0.455 e. The van der Waals surface area contributed by atoms with Crippen molar-refractivity contribution in [2.24, 2.45) is 5.92 Å². The van der Waals surface area contributed by atoms with E-state index in [2.05, 4.69) is 21.2 Å². The molecular weight excluding hydrogens is 436 g/mol. The molecule has 1 heterocycles. The number of carbonyl (C=O) groups excluding carboxylic acids is 3. The van der Waals surface area contributed by atoms with Crippen molar-refractivity contribution in [3.05, 3.63) is 58.1 Å². The maximum atomic E-state index is 12.4. The first-order valence-electron chi connectivity index (χ1n) is 9.49. The zero-order valence-electron chi connectivity index (χ0n) is 16.4. The molecule has 152 valence electrons. The predicted octanol–water partition coefficient (Wildman–Crippen LogP) is 3.85.